The van der Waals surface area contributed by atoms with Gasteiger partial charge in [0.1, 0.15) is 22.8 Å². The Morgan fingerprint density at radius 1 is 1.19 bits per heavy atom. The van der Waals surface area contributed by atoms with E-state index in [2.05, 4.69) is 20.2 Å². The number of nitrogens with zero attached hydrogens (tertiary/aromatic N) is 5. The van der Waals surface area contributed by atoms with Crippen LogP contribution in [0.5, 0.6) is 5.88 Å². The number of halogens is 3. The molecule has 2 aromatic rings. The molecule has 10 nitrogen and oxygen atoms in total. The van der Waals surface area contributed by atoms with E-state index in [-0.39, 0.29) is 35.1 Å². The van der Waals surface area contributed by atoms with E-state index < -0.39 is 28.8 Å². The van der Waals surface area contributed by atoms with Crippen LogP contribution in [0.4, 0.5) is 14.5 Å². The number of anilines is 1. The Morgan fingerprint density at radius 3 is 2.67 bits per heavy atom. The first-order valence-electron chi connectivity index (χ1n) is 14.5. The van der Waals surface area contributed by atoms with E-state index in [9.17, 15) is 23.5 Å². The van der Waals surface area contributed by atoms with Crippen molar-refractivity contribution in [1.29, 1.82) is 0 Å². The highest BCUT2D eigenvalue weighted by atomic mass is 35.5. The molecule has 1 unspecified atom stereocenters. The maximum absolute atomic E-state index is 13.9. The van der Waals surface area contributed by atoms with Crippen LogP contribution in [-0.2, 0) is 13.0 Å². The summed E-state index contributed by atoms with van der Waals surface area (Å²) in [5.41, 5.74) is 5.48. The number of aryl methyl sites for hydroxylation is 1. The van der Waals surface area contributed by atoms with Crippen molar-refractivity contribution in [2.75, 3.05) is 25.5 Å². The van der Waals surface area contributed by atoms with Crippen LogP contribution < -0.4 is 16.6 Å². The maximum atomic E-state index is 13.9. The number of nitrogens with two attached hydrogens (primary N) is 1. The fourth-order valence-corrected chi connectivity index (χ4v) is 7.82. The number of piperidine rings is 1. The fraction of sp³-hybridized carbons (Fsp3) is 0.517. The summed E-state index contributed by atoms with van der Waals surface area (Å²) in [6.45, 7) is 1.83. The van der Waals surface area contributed by atoms with E-state index in [1.807, 2.05) is 11.9 Å². The van der Waals surface area contributed by atoms with Crippen LogP contribution in [0.3, 0.4) is 0 Å². The van der Waals surface area contributed by atoms with E-state index in [0.717, 1.165) is 25.7 Å². The lowest BCUT2D eigenvalue weighted by molar-refractivity contribution is -0.0183. The SMILES string of the molecule is CN1C(N)=C(Sc2cccc(NC(=O)c3c(O)nc4n(c3=O)CCCC4)c2Cl)N=CC1N1CCC2(CC1)CCC(F)(F)C2. The third-order valence-electron chi connectivity index (χ3n) is 9.12. The van der Waals surface area contributed by atoms with Gasteiger partial charge in [-0.3, -0.25) is 19.1 Å². The van der Waals surface area contributed by atoms with Gasteiger partial charge in [-0.1, -0.05) is 29.4 Å². The molecule has 0 bridgehead atoms. The number of rotatable bonds is 5. The van der Waals surface area contributed by atoms with Gasteiger partial charge in [0.25, 0.3) is 11.5 Å². The van der Waals surface area contributed by atoms with E-state index >= 15 is 0 Å². The molecule has 1 saturated carbocycles. The Balaban J connectivity index is 1.14. The number of alkyl halides is 2. The van der Waals surface area contributed by atoms with Crippen molar-refractivity contribution in [2.45, 2.75) is 74.9 Å². The second-order valence-corrected chi connectivity index (χ2v) is 13.3. The molecule has 1 atom stereocenters. The molecule has 1 saturated heterocycles. The van der Waals surface area contributed by atoms with Gasteiger partial charge < -0.3 is 21.1 Å². The summed E-state index contributed by atoms with van der Waals surface area (Å²) in [6, 6.07) is 5.06. The first-order chi connectivity index (χ1) is 20.5. The van der Waals surface area contributed by atoms with Crippen molar-refractivity contribution >= 4 is 41.2 Å². The molecule has 1 aromatic heterocycles. The molecule has 6 rings (SSSR count). The Kier molecular flexibility index (Phi) is 7.93. The molecule has 4 heterocycles. The van der Waals surface area contributed by atoms with Crippen molar-refractivity contribution in [1.82, 2.24) is 19.4 Å². The third-order valence-corrected chi connectivity index (χ3v) is 10.7. The molecular formula is C29H34ClF2N7O3S. The maximum Gasteiger partial charge on any atom is 0.270 e. The number of likely N-dealkylation sites (tertiary alicyclic amines) is 1. The number of aromatic nitrogens is 2. The van der Waals surface area contributed by atoms with Gasteiger partial charge in [0, 0.05) is 57.1 Å². The number of carbonyl (C=O) groups is 1. The van der Waals surface area contributed by atoms with E-state index in [1.54, 1.807) is 24.4 Å². The lowest BCUT2D eigenvalue weighted by Crippen LogP contribution is -2.54. The molecule has 1 aromatic carbocycles. The number of aromatic hydroxyl groups is 1. The van der Waals surface area contributed by atoms with Crippen LogP contribution in [-0.4, -0.2) is 68.8 Å². The quantitative estimate of drug-likeness (QED) is 0.435. The van der Waals surface area contributed by atoms with E-state index in [0.29, 0.717) is 54.0 Å². The predicted molar refractivity (Wildman–Crippen MR) is 162 cm³/mol. The summed E-state index contributed by atoms with van der Waals surface area (Å²) < 4.78 is 29.3. The smallest absolute Gasteiger partial charge is 0.270 e. The predicted octanol–water partition coefficient (Wildman–Crippen LogP) is 4.61. The van der Waals surface area contributed by atoms with Crippen molar-refractivity contribution in [3.05, 3.63) is 55.8 Å². The Morgan fingerprint density at radius 2 is 1.95 bits per heavy atom. The molecule has 0 radical (unpaired) electrons. The third kappa shape index (κ3) is 5.74. The summed E-state index contributed by atoms with van der Waals surface area (Å²) in [6.07, 6.45) is 5.83. The first kappa shape index (κ1) is 29.9. The Bertz CT molecular complexity index is 1570. The van der Waals surface area contributed by atoms with Crippen molar-refractivity contribution in [3.8, 4) is 5.88 Å². The van der Waals surface area contributed by atoms with Gasteiger partial charge >= 0.3 is 0 Å². The molecule has 1 amide bonds. The van der Waals surface area contributed by atoms with Gasteiger partial charge in [0.15, 0.2) is 5.56 Å². The minimum absolute atomic E-state index is 0.0199. The minimum Gasteiger partial charge on any atom is -0.493 e. The molecule has 4 N–H and O–H groups in total. The summed E-state index contributed by atoms with van der Waals surface area (Å²) >= 11 is 7.91. The average Bonchev–Trinajstić information content (AvgIpc) is 3.27. The zero-order valence-corrected chi connectivity index (χ0v) is 25.4. The lowest BCUT2D eigenvalue weighted by atomic mass is 9.77. The molecule has 43 heavy (non-hydrogen) atoms. The topological polar surface area (TPSA) is 129 Å². The summed E-state index contributed by atoms with van der Waals surface area (Å²) in [5.74, 6) is -3.05. The van der Waals surface area contributed by atoms with Gasteiger partial charge in [0.2, 0.25) is 11.8 Å². The highest BCUT2D eigenvalue weighted by Gasteiger charge is 2.50. The van der Waals surface area contributed by atoms with E-state index in [4.69, 9.17) is 17.3 Å². The summed E-state index contributed by atoms with van der Waals surface area (Å²) in [4.78, 5) is 39.5. The van der Waals surface area contributed by atoms with Crippen LogP contribution in [0.2, 0.25) is 5.02 Å². The zero-order valence-electron chi connectivity index (χ0n) is 23.8. The van der Waals surface area contributed by atoms with Gasteiger partial charge in [-0.15, -0.1) is 0 Å². The molecule has 1 aliphatic carbocycles. The zero-order chi connectivity index (χ0) is 30.5. The summed E-state index contributed by atoms with van der Waals surface area (Å²) in [5, 5.41) is 13.8. The van der Waals surface area contributed by atoms with Crippen LogP contribution in [0, 0.1) is 5.41 Å². The number of carbonyl (C=O) groups excluding carboxylic acids is 1. The van der Waals surface area contributed by atoms with Crippen LogP contribution in [0.25, 0.3) is 0 Å². The molecule has 230 valence electrons. The number of fused-ring (bicyclic) bond motifs is 1. The van der Waals surface area contributed by atoms with Gasteiger partial charge in [0.05, 0.1) is 10.7 Å². The van der Waals surface area contributed by atoms with Crippen molar-refractivity contribution in [2.24, 2.45) is 16.1 Å². The van der Waals surface area contributed by atoms with Crippen LogP contribution in [0.15, 0.2) is 43.7 Å². The highest BCUT2D eigenvalue weighted by Crippen LogP contribution is 2.53. The number of aliphatic imine (C=N–C) groups is 1. The Hall–Kier alpha value is -3.16. The minimum atomic E-state index is -2.55. The number of amides is 1. The summed E-state index contributed by atoms with van der Waals surface area (Å²) in [7, 11) is 1.87. The molecular weight excluding hydrogens is 600 g/mol. The largest absolute Gasteiger partial charge is 0.493 e. The van der Waals surface area contributed by atoms with Gasteiger partial charge in [-0.2, -0.15) is 4.98 Å². The lowest BCUT2D eigenvalue weighted by Gasteiger charge is -2.45. The highest BCUT2D eigenvalue weighted by molar-refractivity contribution is 8.03. The second-order valence-electron chi connectivity index (χ2n) is 11.9. The normalized spacial score (nSPS) is 23.1. The first-order valence-corrected chi connectivity index (χ1v) is 15.7. The molecule has 14 heteroatoms. The van der Waals surface area contributed by atoms with E-state index in [1.165, 1.54) is 16.3 Å². The van der Waals surface area contributed by atoms with Gasteiger partial charge in [-0.05, 0) is 49.7 Å². The number of hydrogen-bond donors (Lipinski definition) is 3. The second kappa shape index (κ2) is 11.4. The average molecular weight is 634 g/mol. The number of benzene rings is 1. The number of hydrogen-bond acceptors (Lipinski definition) is 9. The van der Waals surface area contributed by atoms with Crippen molar-refractivity contribution < 1.29 is 18.7 Å². The fourth-order valence-electron chi connectivity index (χ4n) is 6.61. The van der Waals surface area contributed by atoms with Crippen LogP contribution >= 0.6 is 23.4 Å². The number of nitrogens with one attached hydrogen (secondary N) is 1. The molecule has 4 aliphatic rings. The Labute approximate surface area is 257 Å². The van der Waals surface area contributed by atoms with Crippen LogP contribution in [0.1, 0.15) is 61.1 Å². The monoisotopic (exact) mass is 633 g/mol. The van der Waals surface area contributed by atoms with Crippen molar-refractivity contribution in [3.63, 3.8) is 0 Å². The molecule has 2 fully saturated rings. The van der Waals surface area contributed by atoms with Gasteiger partial charge in [-0.25, -0.2) is 13.8 Å². The standard InChI is InChI=1S/C29H34ClF2N7O3S/c1-37-20(38-13-10-28(11-14-38)8-9-29(31,32)16-28)15-34-26(23(37)33)43-18-6-4-5-17(22(18)30)35-24(40)21-25(41)36-19-7-2-3-12-39(19)27(21)42/h4-6,15,20,41H,2-3,7-14,16,33H2,1H3,(H,35,40). The molecule has 3 aliphatic heterocycles. The molecule has 1 spiro atoms. The number of thioether (sulfide) groups is 1.